The van der Waals surface area contributed by atoms with Gasteiger partial charge in [-0.05, 0) is 62.4 Å². The summed E-state index contributed by atoms with van der Waals surface area (Å²) >= 11 is 0. The standard InChI is InChI=1S/C27H34N6O3/c34-23(35)15-18-11-13-33(14-12-18)17-19-7-9-21(10-8-19)29-26-24-22(16-28-32-27(24)36)30-25(31-26)20-5-3-1-2-4-6-20/h7-10,16,18,20H,1-6,11-15,17H2,(H,32,36)(H,34,35)(H,29,30,31). The van der Waals surface area contributed by atoms with Crippen molar-refractivity contribution in [1.29, 1.82) is 0 Å². The van der Waals surface area contributed by atoms with E-state index in [0.717, 1.165) is 56.8 Å². The summed E-state index contributed by atoms with van der Waals surface area (Å²) in [6.07, 6.45) is 10.8. The number of piperidine rings is 1. The number of rotatable bonds is 7. The minimum atomic E-state index is -0.701. The third-order valence-corrected chi connectivity index (χ3v) is 7.55. The van der Waals surface area contributed by atoms with Gasteiger partial charge < -0.3 is 10.4 Å². The Morgan fingerprint density at radius 1 is 1.03 bits per heavy atom. The summed E-state index contributed by atoms with van der Waals surface area (Å²) in [5.74, 6) is 1.21. The number of aliphatic carboxylic acids is 1. The Kier molecular flexibility index (Phi) is 7.55. The fourth-order valence-corrected chi connectivity index (χ4v) is 5.52. The van der Waals surface area contributed by atoms with E-state index in [4.69, 9.17) is 15.1 Å². The fraction of sp³-hybridized carbons (Fsp3) is 0.519. The maximum Gasteiger partial charge on any atom is 0.303 e. The number of nitrogens with zero attached hydrogens (tertiary/aromatic N) is 4. The third kappa shape index (κ3) is 5.90. The summed E-state index contributed by atoms with van der Waals surface area (Å²) in [6.45, 7) is 2.69. The number of carboxylic acids is 1. The van der Waals surface area contributed by atoms with Crippen molar-refractivity contribution >= 4 is 28.4 Å². The molecule has 1 aromatic carbocycles. The van der Waals surface area contributed by atoms with Crippen LogP contribution >= 0.6 is 0 Å². The number of likely N-dealkylation sites (tertiary alicyclic amines) is 1. The molecule has 3 aromatic rings. The maximum absolute atomic E-state index is 12.6. The van der Waals surface area contributed by atoms with Crippen LogP contribution in [0.4, 0.5) is 11.5 Å². The van der Waals surface area contributed by atoms with Crippen molar-refractivity contribution < 1.29 is 9.90 Å². The highest BCUT2D eigenvalue weighted by Gasteiger charge is 2.22. The molecule has 0 radical (unpaired) electrons. The molecule has 36 heavy (non-hydrogen) atoms. The van der Waals surface area contributed by atoms with Gasteiger partial charge in [0.1, 0.15) is 22.5 Å². The number of fused-ring (bicyclic) bond motifs is 1. The van der Waals surface area contributed by atoms with E-state index >= 15 is 0 Å². The van der Waals surface area contributed by atoms with Crippen molar-refractivity contribution in [3.05, 3.63) is 52.2 Å². The molecule has 1 saturated heterocycles. The highest BCUT2D eigenvalue weighted by atomic mass is 16.4. The molecule has 3 heterocycles. The molecule has 5 rings (SSSR count). The Bertz CT molecular complexity index is 1240. The second kappa shape index (κ2) is 11.2. The van der Waals surface area contributed by atoms with E-state index in [9.17, 15) is 9.59 Å². The first-order valence-corrected chi connectivity index (χ1v) is 13.1. The van der Waals surface area contributed by atoms with Crippen molar-refractivity contribution in [3.8, 4) is 0 Å². The lowest BCUT2D eigenvalue weighted by Crippen LogP contribution is -2.33. The van der Waals surface area contributed by atoms with E-state index in [2.05, 4.69) is 32.5 Å². The number of nitrogens with one attached hydrogen (secondary N) is 2. The smallest absolute Gasteiger partial charge is 0.303 e. The van der Waals surface area contributed by atoms with Crippen LogP contribution in [0, 0.1) is 5.92 Å². The Labute approximate surface area is 210 Å². The zero-order chi connectivity index (χ0) is 24.9. The molecule has 1 saturated carbocycles. The van der Waals surface area contributed by atoms with Crippen molar-refractivity contribution in [3.63, 3.8) is 0 Å². The minimum Gasteiger partial charge on any atom is -0.481 e. The average molecular weight is 491 g/mol. The quantitative estimate of drug-likeness (QED) is 0.411. The number of aromatic nitrogens is 4. The van der Waals surface area contributed by atoms with Gasteiger partial charge in [0.25, 0.3) is 5.56 Å². The molecule has 0 bridgehead atoms. The van der Waals surface area contributed by atoms with Gasteiger partial charge in [0.2, 0.25) is 0 Å². The molecule has 2 aliphatic rings. The summed E-state index contributed by atoms with van der Waals surface area (Å²) in [5.41, 5.74) is 2.33. The molecule has 9 nitrogen and oxygen atoms in total. The number of H-pyrrole nitrogens is 1. The number of hydrogen-bond acceptors (Lipinski definition) is 7. The van der Waals surface area contributed by atoms with Gasteiger partial charge in [-0.2, -0.15) is 5.10 Å². The molecule has 0 spiro atoms. The van der Waals surface area contributed by atoms with E-state index in [1.807, 2.05) is 12.1 Å². The fourth-order valence-electron chi connectivity index (χ4n) is 5.52. The Morgan fingerprint density at radius 2 is 1.75 bits per heavy atom. The van der Waals surface area contributed by atoms with Gasteiger partial charge in [0.15, 0.2) is 0 Å². The van der Waals surface area contributed by atoms with Crippen LogP contribution in [0.3, 0.4) is 0 Å². The second-order valence-electron chi connectivity index (χ2n) is 10.2. The second-order valence-corrected chi connectivity index (χ2v) is 10.2. The number of aromatic amines is 1. The van der Waals surface area contributed by atoms with Crippen molar-refractivity contribution in [2.24, 2.45) is 5.92 Å². The number of carbonyl (C=O) groups is 1. The first-order chi connectivity index (χ1) is 17.5. The van der Waals surface area contributed by atoms with E-state index < -0.39 is 5.97 Å². The van der Waals surface area contributed by atoms with Crippen LogP contribution in [0.5, 0.6) is 0 Å². The normalized spacial score (nSPS) is 18.2. The van der Waals surface area contributed by atoms with E-state index in [1.54, 1.807) is 6.20 Å². The van der Waals surface area contributed by atoms with Gasteiger partial charge in [-0.15, -0.1) is 0 Å². The largest absolute Gasteiger partial charge is 0.481 e. The van der Waals surface area contributed by atoms with Crippen LogP contribution in [0.15, 0.2) is 35.3 Å². The molecule has 9 heteroatoms. The molecule has 1 aliphatic heterocycles. The number of anilines is 2. The van der Waals surface area contributed by atoms with Crippen LogP contribution in [0.1, 0.15) is 75.1 Å². The van der Waals surface area contributed by atoms with Crippen LogP contribution in [-0.2, 0) is 11.3 Å². The van der Waals surface area contributed by atoms with Crippen molar-refractivity contribution in [2.45, 2.75) is 70.3 Å². The Hall–Kier alpha value is -3.33. The minimum absolute atomic E-state index is 0.271. The summed E-state index contributed by atoms with van der Waals surface area (Å²) in [5, 5.41) is 19.3. The summed E-state index contributed by atoms with van der Waals surface area (Å²) in [7, 11) is 0. The predicted octanol–water partition coefficient (Wildman–Crippen LogP) is 4.58. The first kappa shape index (κ1) is 24.4. The zero-order valence-corrected chi connectivity index (χ0v) is 20.6. The summed E-state index contributed by atoms with van der Waals surface area (Å²) in [4.78, 5) is 35.5. The molecular weight excluding hydrogens is 456 g/mol. The average Bonchev–Trinajstić information content (AvgIpc) is 3.16. The molecule has 2 fully saturated rings. The molecule has 0 atom stereocenters. The monoisotopic (exact) mass is 490 g/mol. The lowest BCUT2D eigenvalue weighted by atomic mass is 9.93. The van der Waals surface area contributed by atoms with Gasteiger partial charge in [-0.1, -0.05) is 37.8 Å². The Balaban J connectivity index is 1.31. The molecule has 0 unspecified atom stereocenters. The SMILES string of the molecule is O=C(O)CC1CCN(Cc2ccc(Nc3nc(C4CCCCCC4)nc4cn[nH]c(=O)c34)cc2)CC1. The topological polar surface area (TPSA) is 124 Å². The first-order valence-electron chi connectivity index (χ1n) is 13.1. The number of hydrogen-bond donors (Lipinski definition) is 3. The predicted molar refractivity (Wildman–Crippen MR) is 138 cm³/mol. The molecule has 3 N–H and O–H groups in total. The van der Waals surface area contributed by atoms with E-state index in [0.29, 0.717) is 22.6 Å². The summed E-state index contributed by atoms with van der Waals surface area (Å²) in [6, 6.07) is 8.21. The van der Waals surface area contributed by atoms with Gasteiger partial charge in [-0.3, -0.25) is 14.5 Å². The highest BCUT2D eigenvalue weighted by molar-refractivity contribution is 5.89. The molecule has 0 amide bonds. The molecular formula is C27H34N6O3. The molecule has 2 aromatic heterocycles. The van der Waals surface area contributed by atoms with Crippen molar-refractivity contribution in [2.75, 3.05) is 18.4 Å². The van der Waals surface area contributed by atoms with Crippen LogP contribution < -0.4 is 10.9 Å². The van der Waals surface area contributed by atoms with Gasteiger partial charge in [-0.25, -0.2) is 15.1 Å². The van der Waals surface area contributed by atoms with Gasteiger partial charge in [0, 0.05) is 24.6 Å². The lowest BCUT2D eigenvalue weighted by Gasteiger charge is -2.31. The van der Waals surface area contributed by atoms with Gasteiger partial charge >= 0.3 is 5.97 Å². The number of benzene rings is 1. The van der Waals surface area contributed by atoms with E-state index in [1.165, 1.54) is 31.2 Å². The van der Waals surface area contributed by atoms with Gasteiger partial charge in [0.05, 0.1) is 6.20 Å². The number of carboxylic acid groups (broad SMARTS) is 1. The van der Waals surface area contributed by atoms with Crippen LogP contribution in [-0.4, -0.2) is 49.2 Å². The Morgan fingerprint density at radius 3 is 2.44 bits per heavy atom. The zero-order valence-electron chi connectivity index (χ0n) is 20.6. The molecule has 190 valence electrons. The molecule has 1 aliphatic carbocycles. The maximum atomic E-state index is 12.6. The highest BCUT2D eigenvalue weighted by Crippen LogP contribution is 2.32. The van der Waals surface area contributed by atoms with Crippen LogP contribution in [0.2, 0.25) is 0 Å². The lowest BCUT2D eigenvalue weighted by molar-refractivity contribution is -0.138. The van der Waals surface area contributed by atoms with Crippen LogP contribution in [0.25, 0.3) is 10.9 Å². The van der Waals surface area contributed by atoms with E-state index in [-0.39, 0.29) is 17.9 Å². The third-order valence-electron chi connectivity index (χ3n) is 7.55. The summed E-state index contributed by atoms with van der Waals surface area (Å²) < 4.78 is 0. The van der Waals surface area contributed by atoms with Crippen molar-refractivity contribution in [1.82, 2.24) is 25.1 Å².